The molecule has 0 saturated carbocycles. The molecular weight excluding hydrogens is 438 g/mol. The van der Waals surface area contributed by atoms with Crippen molar-refractivity contribution in [1.29, 1.82) is 0 Å². The molecule has 0 saturated heterocycles. The maximum atomic E-state index is 14.1. The Labute approximate surface area is 171 Å². The van der Waals surface area contributed by atoms with Gasteiger partial charge in [0.1, 0.15) is 11.4 Å². The number of rotatable bonds is 5. The van der Waals surface area contributed by atoms with Crippen molar-refractivity contribution in [3.63, 3.8) is 0 Å². The van der Waals surface area contributed by atoms with Gasteiger partial charge in [0, 0.05) is 23.9 Å². The summed E-state index contributed by atoms with van der Waals surface area (Å²) in [5.41, 5.74) is 1.89. The van der Waals surface area contributed by atoms with E-state index in [1.54, 1.807) is 0 Å². The van der Waals surface area contributed by atoms with Crippen molar-refractivity contribution in [1.82, 2.24) is 0 Å². The van der Waals surface area contributed by atoms with E-state index in [1.165, 1.54) is 6.92 Å². The zero-order chi connectivity index (χ0) is 22.6. The normalized spacial score (nSPS) is 12.8. The smallest absolute Gasteiger partial charge is 0.417 e. The van der Waals surface area contributed by atoms with E-state index in [0.717, 1.165) is 12.1 Å². The lowest BCUT2D eigenvalue weighted by molar-refractivity contribution is -0.358. The number of hydrogen-bond acceptors (Lipinski definition) is 3. The first-order chi connectivity index (χ1) is 14.0. The summed E-state index contributed by atoms with van der Waals surface area (Å²) in [5, 5.41) is -0.640. The summed E-state index contributed by atoms with van der Waals surface area (Å²) in [5.74, 6) is -5.08. The molecule has 0 spiro atoms. The van der Waals surface area contributed by atoms with Crippen molar-refractivity contribution in [3.05, 3.63) is 75.7 Å². The highest BCUT2D eigenvalue weighted by Gasteiger charge is 2.35. The molecule has 0 fully saturated rings. The van der Waals surface area contributed by atoms with Crippen LogP contribution < -0.4 is 10.7 Å². The van der Waals surface area contributed by atoms with Crippen LogP contribution in [-0.4, -0.2) is 18.3 Å². The number of carbonyl (C=O) groups is 1. The Morgan fingerprint density at radius 2 is 1.77 bits per heavy atom. The largest absolute Gasteiger partial charge is 0.462 e. The number of nitrogens with two attached hydrogens (primary N) is 1. The summed E-state index contributed by atoms with van der Waals surface area (Å²) < 4.78 is 86.0. The van der Waals surface area contributed by atoms with E-state index >= 15 is 0 Å². The van der Waals surface area contributed by atoms with Gasteiger partial charge in [-0.05, 0) is 25.1 Å². The molecule has 0 unspecified atom stereocenters. The lowest BCUT2D eigenvalue weighted by Gasteiger charge is -2.11. The van der Waals surface area contributed by atoms with E-state index in [2.05, 4.69) is 4.99 Å². The van der Waals surface area contributed by atoms with Crippen LogP contribution in [0.5, 0.6) is 0 Å². The monoisotopic (exact) mass is 451 g/mol. The molecular formula is C19H14ClF6N2O2+. The molecule has 0 aromatic heterocycles. The van der Waals surface area contributed by atoms with E-state index in [1.807, 2.05) is 0 Å². The molecule has 0 amide bonds. The fraction of sp³-hybridized carbons (Fsp3) is 0.158. The van der Waals surface area contributed by atoms with Gasteiger partial charge in [-0.1, -0.05) is 11.6 Å². The number of alkyl halides is 3. The first-order valence-corrected chi connectivity index (χ1v) is 8.62. The summed E-state index contributed by atoms with van der Waals surface area (Å²) >= 11 is 5.60. The van der Waals surface area contributed by atoms with Crippen LogP contribution in [0.15, 0.2) is 42.1 Å². The molecule has 0 aliphatic rings. The van der Waals surface area contributed by atoms with Crippen molar-refractivity contribution in [3.8, 4) is 0 Å². The van der Waals surface area contributed by atoms with Crippen LogP contribution in [-0.2, 0) is 15.7 Å². The van der Waals surface area contributed by atoms with Crippen LogP contribution in [0, 0.1) is 17.5 Å². The number of benzene rings is 2. The molecule has 2 aromatic rings. The first-order valence-electron chi connectivity index (χ1n) is 8.24. The predicted molar refractivity (Wildman–Crippen MR) is 96.4 cm³/mol. The molecule has 2 aromatic carbocycles. The molecule has 160 valence electrons. The van der Waals surface area contributed by atoms with Gasteiger partial charge in [0.15, 0.2) is 11.6 Å². The number of esters is 1. The van der Waals surface area contributed by atoms with Crippen molar-refractivity contribution in [2.24, 2.45) is 5.73 Å². The summed E-state index contributed by atoms with van der Waals surface area (Å²) in [4.78, 5) is 14.4. The van der Waals surface area contributed by atoms with Crippen LogP contribution in [0.2, 0.25) is 5.02 Å². The number of hydrogen-bond donors (Lipinski definition) is 2. The molecule has 0 aliphatic heterocycles. The van der Waals surface area contributed by atoms with E-state index in [-0.39, 0.29) is 12.2 Å². The van der Waals surface area contributed by atoms with Crippen molar-refractivity contribution in [2.75, 3.05) is 6.61 Å². The molecule has 2 rings (SSSR count). The topological polar surface area (TPSA) is 66.3 Å². The Hall–Kier alpha value is -3.01. The quantitative estimate of drug-likeness (QED) is 0.317. The fourth-order valence-electron chi connectivity index (χ4n) is 2.44. The average molecular weight is 452 g/mol. The maximum Gasteiger partial charge on any atom is 0.417 e. The SMILES string of the molecule is CCOC(=O)C(=CN)C(=[NH+]c1c(F)cc(F)cc1F)c1ccc(Cl)c(C(F)(F)F)c1. The summed E-state index contributed by atoms with van der Waals surface area (Å²) in [7, 11) is 0. The number of ether oxygens (including phenoxy) is 1. The summed E-state index contributed by atoms with van der Waals surface area (Å²) in [6.45, 7) is 1.35. The molecule has 0 bridgehead atoms. The van der Waals surface area contributed by atoms with Gasteiger partial charge in [-0.25, -0.2) is 9.18 Å². The molecule has 0 heterocycles. The third kappa shape index (κ3) is 5.12. The van der Waals surface area contributed by atoms with Gasteiger partial charge < -0.3 is 10.5 Å². The van der Waals surface area contributed by atoms with Gasteiger partial charge >= 0.3 is 12.1 Å². The Balaban J connectivity index is 2.81. The highest BCUT2D eigenvalue weighted by molar-refractivity contribution is 6.32. The van der Waals surface area contributed by atoms with E-state index in [4.69, 9.17) is 22.1 Å². The van der Waals surface area contributed by atoms with Crippen LogP contribution in [0.1, 0.15) is 18.1 Å². The molecule has 0 radical (unpaired) electrons. The second kappa shape index (κ2) is 9.21. The highest BCUT2D eigenvalue weighted by Crippen LogP contribution is 2.35. The third-order valence-corrected chi connectivity index (χ3v) is 4.08. The van der Waals surface area contributed by atoms with E-state index in [9.17, 15) is 31.1 Å². The van der Waals surface area contributed by atoms with Gasteiger partial charge in [0.25, 0.3) is 5.69 Å². The Morgan fingerprint density at radius 1 is 1.17 bits per heavy atom. The number of carbonyl (C=O) groups excluding carboxylic acids is 1. The van der Waals surface area contributed by atoms with Crippen molar-refractivity contribution < 1.29 is 40.9 Å². The van der Waals surface area contributed by atoms with Crippen LogP contribution >= 0.6 is 11.6 Å². The van der Waals surface area contributed by atoms with Crippen LogP contribution in [0.4, 0.5) is 32.0 Å². The van der Waals surface area contributed by atoms with Gasteiger partial charge in [-0.2, -0.15) is 26.9 Å². The average Bonchev–Trinajstić information content (AvgIpc) is 2.63. The number of halogens is 7. The molecule has 0 atom stereocenters. The minimum absolute atomic E-state index is 0.114. The minimum Gasteiger partial charge on any atom is -0.462 e. The number of nitrogens with one attached hydrogen (secondary N) is 1. The fourth-order valence-corrected chi connectivity index (χ4v) is 2.67. The second-order valence-electron chi connectivity index (χ2n) is 5.74. The molecule has 11 heteroatoms. The Morgan fingerprint density at radius 3 is 2.27 bits per heavy atom. The van der Waals surface area contributed by atoms with E-state index in [0.29, 0.717) is 24.4 Å². The maximum absolute atomic E-state index is 14.1. The van der Waals surface area contributed by atoms with Gasteiger partial charge in [0.05, 0.1) is 17.2 Å². The molecule has 30 heavy (non-hydrogen) atoms. The van der Waals surface area contributed by atoms with Gasteiger partial charge in [-0.3, -0.25) is 0 Å². The van der Waals surface area contributed by atoms with Crippen molar-refractivity contribution in [2.45, 2.75) is 13.1 Å². The van der Waals surface area contributed by atoms with Crippen molar-refractivity contribution >= 4 is 29.0 Å². The molecule has 0 aliphatic carbocycles. The second-order valence-corrected chi connectivity index (χ2v) is 6.14. The lowest BCUT2D eigenvalue weighted by Crippen LogP contribution is -2.69. The molecule has 4 nitrogen and oxygen atoms in total. The minimum atomic E-state index is -4.86. The summed E-state index contributed by atoms with van der Waals surface area (Å²) in [6.07, 6.45) is -4.16. The zero-order valence-corrected chi connectivity index (χ0v) is 16.0. The van der Waals surface area contributed by atoms with Gasteiger partial charge in [0.2, 0.25) is 5.71 Å². The lowest BCUT2D eigenvalue weighted by atomic mass is 10.00. The van der Waals surface area contributed by atoms with Crippen LogP contribution in [0.3, 0.4) is 0 Å². The molecule has 3 N–H and O–H groups in total. The third-order valence-electron chi connectivity index (χ3n) is 3.75. The standard InChI is InChI=1S/C19H13ClF6N2O2/c1-2-30-18(29)11(8-27)16(28-17-14(22)6-10(21)7-15(17)23)9-3-4-13(20)12(5-9)19(24,25)26/h3-8H,2,27H2,1H3/p+1. The zero-order valence-electron chi connectivity index (χ0n) is 15.2. The first kappa shape index (κ1) is 23.3. The predicted octanol–water partition coefficient (Wildman–Crippen LogP) is 3.38. The Bertz CT molecular complexity index is 1010. The van der Waals surface area contributed by atoms with Gasteiger partial charge in [-0.15, -0.1) is 0 Å². The summed E-state index contributed by atoms with van der Waals surface area (Å²) in [6, 6.07) is 3.22. The van der Waals surface area contributed by atoms with Crippen LogP contribution in [0.25, 0.3) is 0 Å². The van der Waals surface area contributed by atoms with E-state index < -0.39 is 57.2 Å². The highest BCUT2D eigenvalue weighted by atomic mass is 35.5. The Kier molecular flexibility index (Phi) is 7.14.